The monoisotopic (exact) mass is 552 g/mol. The van der Waals surface area contributed by atoms with Gasteiger partial charge in [-0.3, -0.25) is 19.4 Å². The summed E-state index contributed by atoms with van der Waals surface area (Å²) in [5.74, 6) is 0.550. The van der Waals surface area contributed by atoms with E-state index in [9.17, 15) is 9.59 Å². The first-order chi connectivity index (χ1) is 20.0. The number of nitrogens with zero attached hydrogens (tertiary/aromatic N) is 2. The quantitative estimate of drug-likeness (QED) is 0.133. The number of benzene rings is 3. The first-order valence-electron chi connectivity index (χ1n) is 15.7. The SMILES string of the molecule is Cc1ccccc1C(=O)CCCCCC1CN(Cc2ccccc2)CCN1CCCCCC(=O)c1ccccc1C. The summed E-state index contributed by atoms with van der Waals surface area (Å²) in [4.78, 5) is 30.6. The van der Waals surface area contributed by atoms with Crippen molar-refractivity contribution in [3.63, 3.8) is 0 Å². The van der Waals surface area contributed by atoms with E-state index < -0.39 is 0 Å². The minimum Gasteiger partial charge on any atom is -0.298 e. The molecule has 0 N–H and O–H groups in total. The average Bonchev–Trinajstić information content (AvgIpc) is 2.98. The summed E-state index contributed by atoms with van der Waals surface area (Å²) in [6.45, 7) is 9.46. The highest BCUT2D eigenvalue weighted by Crippen LogP contribution is 2.21. The van der Waals surface area contributed by atoms with E-state index in [4.69, 9.17) is 0 Å². The summed E-state index contributed by atoms with van der Waals surface area (Å²) < 4.78 is 0. The normalized spacial score (nSPS) is 16.1. The van der Waals surface area contributed by atoms with Gasteiger partial charge in [0, 0.05) is 56.2 Å². The fourth-order valence-electron chi connectivity index (χ4n) is 6.17. The molecule has 0 spiro atoms. The molecule has 0 saturated carbocycles. The van der Waals surface area contributed by atoms with Crippen molar-refractivity contribution in [1.82, 2.24) is 9.80 Å². The van der Waals surface area contributed by atoms with E-state index in [0.717, 1.165) is 93.5 Å². The summed E-state index contributed by atoms with van der Waals surface area (Å²) >= 11 is 0. The van der Waals surface area contributed by atoms with Crippen molar-refractivity contribution in [1.29, 1.82) is 0 Å². The van der Waals surface area contributed by atoms with E-state index in [0.29, 0.717) is 18.9 Å². The lowest BCUT2D eigenvalue weighted by Gasteiger charge is -2.42. The highest BCUT2D eigenvalue weighted by Gasteiger charge is 2.26. The average molecular weight is 553 g/mol. The molecule has 218 valence electrons. The predicted molar refractivity (Wildman–Crippen MR) is 170 cm³/mol. The van der Waals surface area contributed by atoms with Crippen molar-refractivity contribution in [3.05, 3.63) is 107 Å². The van der Waals surface area contributed by atoms with Gasteiger partial charge in [0.15, 0.2) is 11.6 Å². The topological polar surface area (TPSA) is 40.6 Å². The largest absolute Gasteiger partial charge is 0.298 e. The molecular weight excluding hydrogens is 504 g/mol. The number of rotatable bonds is 16. The highest BCUT2D eigenvalue weighted by molar-refractivity contribution is 5.97. The van der Waals surface area contributed by atoms with Gasteiger partial charge in [0.1, 0.15) is 0 Å². The third-order valence-corrected chi connectivity index (χ3v) is 8.62. The van der Waals surface area contributed by atoms with E-state index in [1.165, 1.54) is 12.0 Å². The molecule has 3 aromatic rings. The van der Waals surface area contributed by atoms with E-state index >= 15 is 0 Å². The molecule has 0 radical (unpaired) electrons. The Labute approximate surface area is 247 Å². The van der Waals surface area contributed by atoms with Crippen LogP contribution in [0.25, 0.3) is 0 Å². The fraction of sp³-hybridized carbons (Fsp3) is 0.459. The molecule has 4 rings (SSSR count). The molecule has 1 saturated heterocycles. The molecule has 4 nitrogen and oxygen atoms in total. The summed E-state index contributed by atoms with van der Waals surface area (Å²) in [5, 5.41) is 0. The van der Waals surface area contributed by atoms with E-state index in [1.54, 1.807) is 0 Å². The smallest absolute Gasteiger partial charge is 0.163 e. The summed E-state index contributed by atoms with van der Waals surface area (Å²) in [6, 6.07) is 27.2. The molecule has 1 unspecified atom stereocenters. The van der Waals surface area contributed by atoms with Gasteiger partial charge in [0.05, 0.1) is 0 Å². The number of carbonyl (C=O) groups excluding carboxylic acids is 2. The Morgan fingerprint density at radius 2 is 1.22 bits per heavy atom. The third kappa shape index (κ3) is 9.76. The zero-order chi connectivity index (χ0) is 28.9. The lowest BCUT2D eigenvalue weighted by molar-refractivity contribution is 0.0623. The molecule has 0 bridgehead atoms. The molecule has 1 aliphatic heterocycles. The molecule has 0 aromatic heterocycles. The van der Waals surface area contributed by atoms with Gasteiger partial charge >= 0.3 is 0 Å². The van der Waals surface area contributed by atoms with Gasteiger partial charge in [-0.2, -0.15) is 0 Å². The molecule has 0 amide bonds. The number of ketones is 2. The molecule has 1 fully saturated rings. The molecule has 0 aliphatic carbocycles. The van der Waals surface area contributed by atoms with E-state index in [2.05, 4.69) is 40.1 Å². The second kappa shape index (κ2) is 16.4. The number of unbranched alkanes of at least 4 members (excludes halogenated alkanes) is 4. The number of carbonyl (C=O) groups is 2. The Balaban J connectivity index is 1.22. The van der Waals surface area contributed by atoms with Gasteiger partial charge < -0.3 is 0 Å². The molecule has 41 heavy (non-hydrogen) atoms. The van der Waals surface area contributed by atoms with Crippen LogP contribution in [0.4, 0.5) is 0 Å². The zero-order valence-corrected chi connectivity index (χ0v) is 25.2. The second-order valence-electron chi connectivity index (χ2n) is 11.8. The molecular formula is C37H48N2O2. The van der Waals surface area contributed by atoms with Crippen LogP contribution in [0.5, 0.6) is 0 Å². The maximum atomic E-state index is 12.7. The minimum atomic E-state index is 0.274. The van der Waals surface area contributed by atoms with Crippen LogP contribution >= 0.6 is 0 Å². The summed E-state index contributed by atoms with van der Waals surface area (Å²) in [7, 11) is 0. The maximum absolute atomic E-state index is 12.7. The van der Waals surface area contributed by atoms with Crippen LogP contribution < -0.4 is 0 Å². The van der Waals surface area contributed by atoms with Crippen LogP contribution in [0, 0.1) is 13.8 Å². The van der Waals surface area contributed by atoms with Crippen molar-refractivity contribution < 1.29 is 9.59 Å². The number of aryl methyl sites for hydroxylation is 2. The van der Waals surface area contributed by atoms with Gasteiger partial charge in [-0.15, -0.1) is 0 Å². The van der Waals surface area contributed by atoms with E-state index in [1.807, 2.05) is 62.4 Å². The Hall–Kier alpha value is -3.08. The van der Waals surface area contributed by atoms with Crippen molar-refractivity contribution >= 4 is 11.6 Å². The third-order valence-electron chi connectivity index (χ3n) is 8.62. The van der Waals surface area contributed by atoms with Gasteiger partial charge in [-0.05, 0) is 62.8 Å². The first-order valence-corrected chi connectivity index (χ1v) is 15.7. The van der Waals surface area contributed by atoms with Crippen LogP contribution in [0.1, 0.15) is 95.2 Å². The van der Waals surface area contributed by atoms with Crippen LogP contribution in [-0.4, -0.2) is 53.6 Å². The Morgan fingerprint density at radius 3 is 1.83 bits per heavy atom. The van der Waals surface area contributed by atoms with Crippen LogP contribution in [-0.2, 0) is 6.54 Å². The summed E-state index contributed by atoms with van der Waals surface area (Å²) in [6.07, 6.45) is 8.87. The van der Waals surface area contributed by atoms with Crippen LogP contribution in [0.15, 0.2) is 78.9 Å². The maximum Gasteiger partial charge on any atom is 0.163 e. The predicted octanol–water partition coefficient (Wildman–Crippen LogP) is 8.07. The number of Topliss-reactive ketones (excluding diaryl/α,β-unsaturated/α-hetero) is 2. The lowest BCUT2D eigenvalue weighted by Crippen LogP contribution is -2.52. The minimum absolute atomic E-state index is 0.274. The van der Waals surface area contributed by atoms with Crippen LogP contribution in [0.3, 0.4) is 0 Å². The molecule has 1 heterocycles. The van der Waals surface area contributed by atoms with Crippen molar-refractivity contribution in [2.75, 3.05) is 26.2 Å². The lowest BCUT2D eigenvalue weighted by atomic mass is 9.98. The van der Waals surface area contributed by atoms with Gasteiger partial charge in [-0.1, -0.05) is 98.1 Å². The highest BCUT2D eigenvalue weighted by atomic mass is 16.1. The number of hydrogen-bond acceptors (Lipinski definition) is 4. The van der Waals surface area contributed by atoms with Gasteiger partial charge in [-0.25, -0.2) is 0 Å². The number of hydrogen-bond donors (Lipinski definition) is 0. The van der Waals surface area contributed by atoms with Crippen molar-refractivity contribution in [2.45, 2.75) is 84.2 Å². The molecule has 1 aliphatic rings. The first kappa shape index (κ1) is 30.9. The van der Waals surface area contributed by atoms with E-state index in [-0.39, 0.29) is 11.6 Å². The van der Waals surface area contributed by atoms with Crippen molar-refractivity contribution in [3.8, 4) is 0 Å². The van der Waals surface area contributed by atoms with Gasteiger partial charge in [0.25, 0.3) is 0 Å². The van der Waals surface area contributed by atoms with Gasteiger partial charge in [0.2, 0.25) is 0 Å². The number of piperazine rings is 1. The zero-order valence-electron chi connectivity index (χ0n) is 25.2. The molecule has 1 atom stereocenters. The Morgan fingerprint density at radius 1 is 0.659 bits per heavy atom. The Bertz CT molecular complexity index is 1240. The second-order valence-corrected chi connectivity index (χ2v) is 11.8. The standard InChI is InChI=1S/C37H48N2O2/c1-30-16-11-13-21-34(30)36(40)23-9-4-8-20-33-29-38(28-32-18-6-3-7-19-32)26-27-39(33)25-15-5-10-24-37(41)35-22-14-12-17-31(35)2/h3,6-7,11-14,16-19,21-22,33H,4-5,8-10,15,20,23-29H2,1-2H3. The van der Waals surface area contributed by atoms with Crippen LogP contribution in [0.2, 0.25) is 0 Å². The van der Waals surface area contributed by atoms with Crippen molar-refractivity contribution in [2.24, 2.45) is 0 Å². The molecule has 4 heteroatoms. The summed E-state index contributed by atoms with van der Waals surface area (Å²) in [5.41, 5.74) is 5.29. The molecule has 3 aromatic carbocycles. The fourth-order valence-corrected chi connectivity index (χ4v) is 6.17. The Kier molecular flexibility index (Phi) is 12.3.